The summed E-state index contributed by atoms with van der Waals surface area (Å²) < 4.78 is 5.11. The first-order chi connectivity index (χ1) is 17.0. The van der Waals surface area contributed by atoms with Gasteiger partial charge in [0.1, 0.15) is 13.2 Å². The number of benzene rings is 2. The van der Waals surface area contributed by atoms with E-state index < -0.39 is 11.8 Å². The van der Waals surface area contributed by atoms with Crippen LogP contribution in [0.2, 0.25) is 0 Å². The maximum atomic E-state index is 11.8. The number of hydrogen-bond acceptors (Lipinski definition) is 7. The first-order valence-electron chi connectivity index (χ1n) is 11.9. The van der Waals surface area contributed by atoms with Crippen molar-refractivity contribution in [1.29, 1.82) is 0 Å². The second-order valence-electron chi connectivity index (χ2n) is 7.61. The predicted molar refractivity (Wildman–Crippen MR) is 142 cm³/mol. The van der Waals surface area contributed by atoms with Gasteiger partial charge in [-0.25, -0.2) is 10.9 Å². The third kappa shape index (κ3) is 9.58. The van der Waals surface area contributed by atoms with E-state index in [1.54, 1.807) is 12.4 Å². The molecule has 9 nitrogen and oxygen atoms in total. The average Bonchev–Trinajstić information content (AvgIpc) is 2.87. The van der Waals surface area contributed by atoms with E-state index in [1.165, 1.54) is 0 Å². The van der Waals surface area contributed by atoms with Gasteiger partial charge in [0.15, 0.2) is 0 Å². The first-order valence-corrected chi connectivity index (χ1v) is 11.9. The zero-order valence-electron chi connectivity index (χ0n) is 21.0. The molecule has 0 spiro atoms. The molecule has 0 aliphatic carbocycles. The summed E-state index contributed by atoms with van der Waals surface area (Å²) in [6, 6.07) is 15.8. The minimum absolute atomic E-state index is 0.289. The van der Waals surface area contributed by atoms with Crippen molar-refractivity contribution in [3.8, 4) is 0 Å². The van der Waals surface area contributed by atoms with Crippen LogP contribution in [0.25, 0.3) is 0 Å². The van der Waals surface area contributed by atoms with Gasteiger partial charge < -0.3 is 14.5 Å². The molecule has 2 rings (SSSR count). The van der Waals surface area contributed by atoms with Gasteiger partial charge in [0.25, 0.3) is 11.8 Å². The number of anilines is 2. The van der Waals surface area contributed by atoms with E-state index in [1.807, 2.05) is 48.5 Å². The van der Waals surface area contributed by atoms with Crippen LogP contribution in [-0.2, 0) is 14.3 Å². The topological polar surface area (TPSA) is 98.6 Å². The Morgan fingerprint density at radius 2 is 1.03 bits per heavy atom. The molecule has 0 heterocycles. The average molecular weight is 481 g/mol. The highest BCUT2D eigenvalue weighted by Crippen LogP contribution is 2.14. The van der Waals surface area contributed by atoms with Crippen molar-refractivity contribution in [3.63, 3.8) is 0 Å². The van der Waals surface area contributed by atoms with E-state index in [-0.39, 0.29) is 13.2 Å². The van der Waals surface area contributed by atoms with Gasteiger partial charge in [-0.15, -0.1) is 0 Å². The largest absolute Gasteiger partial charge is 0.372 e. The molecule has 188 valence electrons. The van der Waals surface area contributed by atoms with Gasteiger partial charge in [-0.05, 0) is 63.1 Å². The highest BCUT2D eigenvalue weighted by atomic mass is 16.5. The Balaban J connectivity index is 1.66. The third-order valence-electron chi connectivity index (χ3n) is 5.32. The van der Waals surface area contributed by atoms with Crippen molar-refractivity contribution in [2.75, 3.05) is 49.2 Å². The van der Waals surface area contributed by atoms with Crippen molar-refractivity contribution < 1.29 is 14.3 Å². The number of nitrogens with zero attached hydrogens (tertiary/aromatic N) is 4. The lowest BCUT2D eigenvalue weighted by atomic mass is 10.2. The molecule has 2 aromatic carbocycles. The SMILES string of the molecule is CCN(CC)c1ccc(/C=N\NC(=O)COCC(=O)N/N=C/c2ccc(N(CC)CC)cc2)cc1. The van der Waals surface area contributed by atoms with Crippen molar-refractivity contribution in [1.82, 2.24) is 10.9 Å². The number of hydrogen-bond donors (Lipinski definition) is 2. The van der Waals surface area contributed by atoms with Crippen LogP contribution < -0.4 is 20.7 Å². The van der Waals surface area contributed by atoms with Gasteiger partial charge in [-0.3, -0.25) is 9.59 Å². The number of rotatable bonds is 14. The summed E-state index contributed by atoms with van der Waals surface area (Å²) in [5.74, 6) is -0.906. The maximum absolute atomic E-state index is 11.8. The fourth-order valence-electron chi connectivity index (χ4n) is 3.38. The monoisotopic (exact) mass is 480 g/mol. The van der Waals surface area contributed by atoms with Gasteiger partial charge in [-0.2, -0.15) is 10.2 Å². The number of nitrogens with one attached hydrogen (secondary N) is 2. The number of amides is 2. The summed E-state index contributed by atoms with van der Waals surface area (Å²) in [5.41, 5.74) is 8.77. The van der Waals surface area contributed by atoms with Crippen LogP contribution in [0, 0.1) is 0 Å². The van der Waals surface area contributed by atoms with E-state index in [9.17, 15) is 9.59 Å². The number of ether oxygens (including phenoxy) is 1. The molecule has 0 fully saturated rings. The summed E-state index contributed by atoms with van der Waals surface area (Å²) in [7, 11) is 0. The molecule has 0 saturated heterocycles. The quantitative estimate of drug-likeness (QED) is 0.320. The molecular formula is C26H36N6O3. The fourth-order valence-corrected chi connectivity index (χ4v) is 3.38. The minimum Gasteiger partial charge on any atom is -0.372 e. The summed E-state index contributed by atoms with van der Waals surface area (Å²) in [6.45, 7) is 11.6. The smallest absolute Gasteiger partial charge is 0.266 e. The van der Waals surface area contributed by atoms with Gasteiger partial charge in [-0.1, -0.05) is 24.3 Å². The number of carbonyl (C=O) groups is 2. The van der Waals surface area contributed by atoms with Crippen molar-refractivity contribution in [2.45, 2.75) is 27.7 Å². The van der Waals surface area contributed by atoms with Gasteiger partial charge >= 0.3 is 0 Å². The Kier molecular flexibility index (Phi) is 12.0. The molecule has 0 aromatic heterocycles. The first kappa shape index (κ1) is 27.5. The molecular weight excluding hydrogens is 444 g/mol. The van der Waals surface area contributed by atoms with E-state index in [2.05, 4.69) is 58.5 Å². The Labute approximate surface area is 207 Å². The number of carbonyl (C=O) groups excluding carboxylic acids is 2. The van der Waals surface area contributed by atoms with Crippen LogP contribution in [-0.4, -0.2) is 63.6 Å². The summed E-state index contributed by atoms with van der Waals surface area (Å²) in [4.78, 5) is 28.1. The van der Waals surface area contributed by atoms with E-state index in [0.717, 1.165) is 48.7 Å². The van der Waals surface area contributed by atoms with Crippen molar-refractivity contribution in [2.24, 2.45) is 10.2 Å². The van der Waals surface area contributed by atoms with Crippen LogP contribution in [0.5, 0.6) is 0 Å². The zero-order valence-corrected chi connectivity index (χ0v) is 21.0. The molecule has 0 bridgehead atoms. The van der Waals surface area contributed by atoms with Crippen molar-refractivity contribution >= 4 is 35.6 Å². The highest BCUT2D eigenvalue weighted by Gasteiger charge is 2.05. The molecule has 0 aliphatic rings. The molecule has 2 amide bonds. The molecule has 0 atom stereocenters. The summed E-state index contributed by atoms with van der Waals surface area (Å²) >= 11 is 0. The van der Waals surface area contributed by atoms with E-state index in [0.29, 0.717) is 0 Å². The van der Waals surface area contributed by atoms with Gasteiger partial charge in [0, 0.05) is 37.6 Å². The Hall–Kier alpha value is -3.72. The van der Waals surface area contributed by atoms with Crippen LogP contribution >= 0.6 is 0 Å². The van der Waals surface area contributed by atoms with Crippen LogP contribution in [0.1, 0.15) is 38.8 Å². The van der Waals surface area contributed by atoms with Crippen molar-refractivity contribution in [3.05, 3.63) is 59.7 Å². The second kappa shape index (κ2) is 15.2. The Bertz CT molecular complexity index is 886. The molecule has 0 aliphatic heterocycles. The lowest BCUT2D eigenvalue weighted by Gasteiger charge is -2.20. The minimum atomic E-state index is -0.453. The zero-order chi connectivity index (χ0) is 25.5. The molecule has 0 radical (unpaired) electrons. The normalized spacial score (nSPS) is 11.1. The van der Waals surface area contributed by atoms with Gasteiger partial charge in [0.2, 0.25) is 0 Å². The van der Waals surface area contributed by atoms with Gasteiger partial charge in [0.05, 0.1) is 12.4 Å². The summed E-state index contributed by atoms with van der Waals surface area (Å²) in [6.07, 6.45) is 3.11. The van der Waals surface area contributed by atoms with Crippen LogP contribution in [0.4, 0.5) is 11.4 Å². The lowest BCUT2D eigenvalue weighted by Crippen LogP contribution is -2.28. The number of hydrazone groups is 2. The Morgan fingerprint density at radius 3 is 1.34 bits per heavy atom. The molecule has 0 unspecified atom stereocenters. The highest BCUT2D eigenvalue weighted by molar-refractivity contribution is 5.84. The maximum Gasteiger partial charge on any atom is 0.266 e. The fraction of sp³-hybridized carbons (Fsp3) is 0.385. The Morgan fingerprint density at radius 1 is 0.686 bits per heavy atom. The molecule has 2 aromatic rings. The standard InChI is InChI=1S/C26H36N6O3/c1-5-31(6-2)23-13-9-21(10-14-23)17-27-29-25(33)19-35-20-26(34)30-28-18-22-11-15-24(16-12-22)32(7-3)8-4/h9-18H,5-8,19-20H2,1-4H3,(H,29,33)(H,30,34)/b27-17-,28-18+. The summed E-state index contributed by atoms with van der Waals surface area (Å²) in [5, 5.41) is 7.84. The predicted octanol–water partition coefficient (Wildman–Crippen LogP) is 3.00. The molecule has 2 N–H and O–H groups in total. The van der Waals surface area contributed by atoms with Crippen LogP contribution in [0.15, 0.2) is 58.7 Å². The van der Waals surface area contributed by atoms with E-state index in [4.69, 9.17) is 4.74 Å². The lowest BCUT2D eigenvalue weighted by molar-refractivity contribution is -0.130. The molecule has 9 heteroatoms. The third-order valence-corrected chi connectivity index (χ3v) is 5.32. The molecule has 35 heavy (non-hydrogen) atoms. The van der Waals surface area contributed by atoms with E-state index >= 15 is 0 Å². The molecule has 0 saturated carbocycles. The van der Waals surface area contributed by atoms with Crippen LogP contribution in [0.3, 0.4) is 0 Å². The second-order valence-corrected chi connectivity index (χ2v) is 7.61.